The number of thiazole rings is 1. The van der Waals surface area contributed by atoms with E-state index >= 15 is 0 Å². The largest absolute Gasteiger partial charge is 0.476 e. The maximum Gasteiger partial charge on any atom is 0.355 e. The molecule has 0 fully saturated rings. The Morgan fingerprint density at radius 1 is 1.12 bits per heavy atom. The topological polar surface area (TPSA) is 123 Å². The number of amides is 2. The second-order valence-corrected chi connectivity index (χ2v) is 10.7. The highest BCUT2D eigenvalue weighted by Gasteiger charge is 2.38. The average molecular weight is 499 g/mol. The van der Waals surface area contributed by atoms with Gasteiger partial charge in [0.1, 0.15) is 17.2 Å². The van der Waals surface area contributed by atoms with Crippen LogP contribution in [0.3, 0.4) is 0 Å². The molecule has 1 aromatic heterocycles. The van der Waals surface area contributed by atoms with Crippen molar-refractivity contribution in [3.8, 4) is 0 Å². The lowest BCUT2D eigenvalue weighted by molar-refractivity contribution is -0.142. The number of carbonyl (C=O) groups is 3. The van der Waals surface area contributed by atoms with Gasteiger partial charge in [0.15, 0.2) is 5.69 Å². The van der Waals surface area contributed by atoms with Gasteiger partial charge in [-0.05, 0) is 39.8 Å². The number of likely N-dealkylation sites (N-methyl/N-ethyl adjacent to an activating group) is 2. The zero-order chi connectivity index (χ0) is 26.4. The number of aromatic carboxylic acids is 1. The number of aromatic nitrogens is 1. The van der Waals surface area contributed by atoms with Crippen molar-refractivity contribution in [1.29, 1.82) is 0 Å². The van der Waals surface area contributed by atoms with Crippen LogP contribution < -0.4 is 5.32 Å². The van der Waals surface area contributed by atoms with Crippen molar-refractivity contribution in [2.24, 2.45) is 11.8 Å². The van der Waals surface area contributed by atoms with Gasteiger partial charge >= 0.3 is 5.97 Å². The molecule has 0 aliphatic heterocycles. The van der Waals surface area contributed by atoms with Crippen LogP contribution in [0, 0.1) is 11.8 Å². The van der Waals surface area contributed by atoms with Gasteiger partial charge in [-0.25, -0.2) is 9.78 Å². The lowest BCUT2D eigenvalue weighted by atomic mass is 9.90. The maximum atomic E-state index is 13.7. The molecular formula is C24H42N4O5S. The van der Waals surface area contributed by atoms with Crippen LogP contribution in [-0.2, 0) is 9.59 Å². The first-order chi connectivity index (χ1) is 15.7. The molecule has 1 heterocycles. The molecule has 0 radical (unpaired) electrons. The molecule has 0 saturated heterocycles. The Balaban J connectivity index is 3.17. The van der Waals surface area contributed by atoms with Crippen LogP contribution in [0.2, 0.25) is 0 Å². The number of nitrogens with zero attached hydrogens (tertiary/aromatic N) is 3. The molecule has 0 bridgehead atoms. The summed E-state index contributed by atoms with van der Waals surface area (Å²) in [7, 11) is 5.34. The summed E-state index contributed by atoms with van der Waals surface area (Å²) in [6.45, 7) is 11.6. The van der Waals surface area contributed by atoms with Crippen LogP contribution in [0.25, 0.3) is 0 Å². The second kappa shape index (κ2) is 12.6. The maximum absolute atomic E-state index is 13.7. The summed E-state index contributed by atoms with van der Waals surface area (Å²) in [4.78, 5) is 45.3. The number of aliphatic hydroxyl groups excluding tert-OH is 1. The summed E-state index contributed by atoms with van der Waals surface area (Å²) in [5.74, 6) is -1.60. The number of carboxylic acids is 1. The van der Waals surface area contributed by atoms with E-state index in [0.29, 0.717) is 11.4 Å². The van der Waals surface area contributed by atoms with E-state index in [1.165, 1.54) is 5.38 Å². The molecule has 0 spiro atoms. The van der Waals surface area contributed by atoms with E-state index in [1.807, 2.05) is 60.5 Å². The first-order valence-corrected chi connectivity index (χ1v) is 12.7. The van der Waals surface area contributed by atoms with Crippen LogP contribution in [-0.4, -0.2) is 81.5 Å². The van der Waals surface area contributed by atoms with E-state index < -0.39 is 23.7 Å². The van der Waals surface area contributed by atoms with Crippen LogP contribution in [0.1, 0.15) is 82.4 Å². The molecule has 0 aliphatic rings. The fraction of sp³-hybridized carbons (Fsp3) is 0.750. The molecule has 9 nitrogen and oxygen atoms in total. The predicted molar refractivity (Wildman–Crippen MR) is 134 cm³/mol. The number of carbonyl (C=O) groups excluding carboxylic acids is 2. The quantitative estimate of drug-likeness (QED) is 0.382. The molecule has 0 aliphatic carbocycles. The van der Waals surface area contributed by atoms with Gasteiger partial charge in [-0.2, -0.15) is 0 Å². The van der Waals surface area contributed by atoms with E-state index in [0.717, 1.165) is 17.8 Å². The first kappa shape index (κ1) is 30.0. The SMILES string of the molecule is CCC(C)[C@@H](C[C@@H](O)c1nc(C(=O)O)cs1)N(C)C(=O)[C@@H](NC(=O)C(C)(C)N(C)C)[C@@H](C)CC. The van der Waals surface area contributed by atoms with Crippen LogP contribution in [0.15, 0.2) is 5.38 Å². The molecule has 1 unspecified atom stereocenters. The van der Waals surface area contributed by atoms with E-state index in [9.17, 15) is 19.5 Å². The summed E-state index contributed by atoms with van der Waals surface area (Å²) < 4.78 is 0. The Morgan fingerprint density at radius 2 is 1.68 bits per heavy atom. The zero-order valence-corrected chi connectivity index (χ0v) is 22.8. The van der Waals surface area contributed by atoms with Crippen LogP contribution >= 0.6 is 11.3 Å². The molecule has 1 aromatic rings. The van der Waals surface area contributed by atoms with E-state index in [4.69, 9.17) is 5.11 Å². The average Bonchev–Trinajstić information content (AvgIpc) is 3.29. The molecule has 1 rings (SSSR count). The zero-order valence-electron chi connectivity index (χ0n) is 22.0. The molecule has 194 valence electrons. The van der Waals surface area contributed by atoms with E-state index in [-0.39, 0.29) is 41.8 Å². The minimum atomic E-state index is -1.15. The number of carboxylic acid groups (broad SMARTS) is 1. The minimum absolute atomic E-state index is 0.0639. The van der Waals surface area contributed by atoms with Crippen molar-refractivity contribution in [1.82, 2.24) is 20.1 Å². The van der Waals surface area contributed by atoms with Crippen molar-refractivity contribution in [3.63, 3.8) is 0 Å². The Labute approximate surface area is 207 Å². The summed E-state index contributed by atoms with van der Waals surface area (Å²) in [5.41, 5.74) is -0.893. The second-order valence-electron chi connectivity index (χ2n) is 9.82. The molecule has 3 N–H and O–H groups in total. The van der Waals surface area contributed by atoms with Gasteiger partial charge in [0.25, 0.3) is 0 Å². The van der Waals surface area contributed by atoms with Gasteiger partial charge in [0.05, 0.1) is 5.54 Å². The van der Waals surface area contributed by atoms with E-state index in [1.54, 1.807) is 11.9 Å². The van der Waals surface area contributed by atoms with Gasteiger partial charge in [-0.1, -0.05) is 40.5 Å². The van der Waals surface area contributed by atoms with Gasteiger partial charge in [-0.15, -0.1) is 11.3 Å². The Hall–Kier alpha value is -2.04. The van der Waals surface area contributed by atoms with Gasteiger partial charge in [0, 0.05) is 24.9 Å². The van der Waals surface area contributed by atoms with Crippen molar-refractivity contribution in [2.45, 2.75) is 84.5 Å². The number of hydrogen-bond donors (Lipinski definition) is 3. The summed E-state index contributed by atoms with van der Waals surface area (Å²) in [6.07, 6.45) is 0.701. The molecule has 5 atom stereocenters. The van der Waals surface area contributed by atoms with E-state index in [2.05, 4.69) is 10.3 Å². The minimum Gasteiger partial charge on any atom is -0.476 e. The van der Waals surface area contributed by atoms with Crippen molar-refractivity contribution in [3.05, 3.63) is 16.1 Å². The highest BCUT2D eigenvalue weighted by Crippen LogP contribution is 2.29. The predicted octanol–water partition coefficient (Wildman–Crippen LogP) is 3.01. The van der Waals surface area contributed by atoms with Crippen molar-refractivity contribution >= 4 is 29.1 Å². The third-order valence-corrected chi connectivity index (χ3v) is 8.02. The molecule has 10 heteroatoms. The number of aliphatic hydroxyl groups is 1. The smallest absolute Gasteiger partial charge is 0.355 e. The normalized spacial score (nSPS) is 16.4. The third kappa shape index (κ3) is 7.23. The van der Waals surface area contributed by atoms with Gasteiger partial charge in [-0.3, -0.25) is 14.5 Å². The fourth-order valence-corrected chi connectivity index (χ4v) is 4.29. The number of hydrogen-bond acceptors (Lipinski definition) is 7. The monoisotopic (exact) mass is 498 g/mol. The van der Waals surface area contributed by atoms with Crippen molar-refractivity contribution in [2.75, 3.05) is 21.1 Å². The fourth-order valence-electron chi connectivity index (χ4n) is 3.50. The summed E-state index contributed by atoms with van der Waals surface area (Å²) in [5, 5.41) is 24.6. The molecule has 2 amide bonds. The number of nitrogens with one attached hydrogen (secondary N) is 1. The van der Waals surface area contributed by atoms with Gasteiger partial charge < -0.3 is 20.4 Å². The molecular weight excluding hydrogens is 456 g/mol. The lowest BCUT2D eigenvalue weighted by Gasteiger charge is -2.39. The lowest BCUT2D eigenvalue weighted by Crippen LogP contribution is -2.60. The van der Waals surface area contributed by atoms with Crippen LogP contribution in [0.5, 0.6) is 0 Å². The number of rotatable bonds is 13. The Morgan fingerprint density at radius 3 is 2.12 bits per heavy atom. The Kier molecular flexibility index (Phi) is 11.1. The van der Waals surface area contributed by atoms with Gasteiger partial charge in [0.2, 0.25) is 11.8 Å². The summed E-state index contributed by atoms with van der Waals surface area (Å²) >= 11 is 1.09. The highest BCUT2D eigenvalue weighted by molar-refractivity contribution is 7.09. The summed E-state index contributed by atoms with van der Waals surface area (Å²) in [6, 6.07) is -1.03. The molecule has 0 saturated carbocycles. The standard InChI is InChI=1S/C24H42N4O5S/c1-10-14(3)17(12-18(29)20-25-16(13-34-20)22(31)32)28(9)21(30)19(15(4)11-2)26-23(33)24(5,6)27(7)8/h13-15,17-19,29H,10-12H2,1-9H3,(H,26,33)(H,31,32)/t14?,15-,17+,18+,19-/m0/s1. The molecule has 0 aromatic carbocycles. The first-order valence-electron chi connectivity index (χ1n) is 11.8. The van der Waals surface area contributed by atoms with Crippen molar-refractivity contribution < 1.29 is 24.6 Å². The molecule has 34 heavy (non-hydrogen) atoms. The Bertz CT molecular complexity index is 841. The van der Waals surface area contributed by atoms with Crippen LogP contribution in [0.4, 0.5) is 0 Å². The third-order valence-electron chi connectivity index (χ3n) is 7.08. The highest BCUT2D eigenvalue weighted by atomic mass is 32.1.